The smallest absolute Gasteiger partial charge is 0.227 e. The third kappa shape index (κ3) is 3.22. The standard InChI is InChI=1S/C16H23N7O/c1-11(7-23-10-17-9-18-23)16(24)22-6-5-13-14(8-22)19-12(2)20-15(13)21(3)4/h9-11H,5-8H2,1-4H3/t11-/m1/s1. The lowest BCUT2D eigenvalue weighted by Gasteiger charge is -2.32. The summed E-state index contributed by atoms with van der Waals surface area (Å²) in [5.74, 6) is 1.67. The average Bonchev–Trinajstić information content (AvgIpc) is 3.05. The number of hydrogen-bond donors (Lipinski definition) is 0. The summed E-state index contributed by atoms with van der Waals surface area (Å²) in [4.78, 5) is 29.7. The van der Waals surface area contributed by atoms with Gasteiger partial charge in [-0.15, -0.1) is 0 Å². The molecule has 1 aliphatic heterocycles. The summed E-state index contributed by atoms with van der Waals surface area (Å²) in [5, 5.41) is 4.07. The summed E-state index contributed by atoms with van der Waals surface area (Å²) in [6.45, 7) is 5.59. The van der Waals surface area contributed by atoms with Gasteiger partial charge in [0, 0.05) is 26.2 Å². The maximum absolute atomic E-state index is 12.7. The van der Waals surface area contributed by atoms with Gasteiger partial charge in [0.2, 0.25) is 5.91 Å². The molecule has 3 rings (SSSR count). The van der Waals surface area contributed by atoms with Gasteiger partial charge in [-0.25, -0.2) is 15.0 Å². The van der Waals surface area contributed by atoms with Crippen LogP contribution in [-0.2, 0) is 24.3 Å². The first-order chi connectivity index (χ1) is 11.5. The second-order valence-corrected chi connectivity index (χ2v) is 6.44. The molecular formula is C16H23N7O. The Morgan fingerprint density at radius 1 is 1.38 bits per heavy atom. The van der Waals surface area contributed by atoms with E-state index in [9.17, 15) is 4.79 Å². The molecule has 0 bridgehead atoms. The van der Waals surface area contributed by atoms with E-state index < -0.39 is 0 Å². The molecule has 8 heteroatoms. The minimum Gasteiger partial charge on any atom is -0.362 e. The van der Waals surface area contributed by atoms with Crippen LogP contribution in [-0.4, -0.2) is 56.2 Å². The van der Waals surface area contributed by atoms with Crippen LogP contribution in [0.5, 0.6) is 0 Å². The Balaban J connectivity index is 1.76. The highest BCUT2D eigenvalue weighted by Gasteiger charge is 2.28. The highest BCUT2D eigenvalue weighted by Crippen LogP contribution is 2.26. The highest BCUT2D eigenvalue weighted by molar-refractivity contribution is 5.78. The van der Waals surface area contributed by atoms with Crippen molar-refractivity contribution in [2.75, 3.05) is 25.5 Å². The topological polar surface area (TPSA) is 80.0 Å². The predicted molar refractivity (Wildman–Crippen MR) is 89.4 cm³/mol. The maximum atomic E-state index is 12.7. The minimum atomic E-state index is -0.149. The quantitative estimate of drug-likeness (QED) is 0.820. The van der Waals surface area contributed by atoms with Crippen molar-refractivity contribution in [1.82, 2.24) is 29.6 Å². The molecule has 1 aliphatic rings. The molecule has 0 spiro atoms. The van der Waals surface area contributed by atoms with Crippen LogP contribution in [0.3, 0.4) is 0 Å². The fraction of sp³-hybridized carbons (Fsp3) is 0.562. The van der Waals surface area contributed by atoms with Crippen molar-refractivity contribution in [3.05, 3.63) is 29.7 Å². The molecule has 1 atom stereocenters. The van der Waals surface area contributed by atoms with Gasteiger partial charge in [0.15, 0.2) is 0 Å². The summed E-state index contributed by atoms with van der Waals surface area (Å²) in [7, 11) is 3.97. The number of rotatable bonds is 4. The summed E-state index contributed by atoms with van der Waals surface area (Å²) in [6, 6.07) is 0. The summed E-state index contributed by atoms with van der Waals surface area (Å²) < 4.78 is 1.69. The Bertz CT molecular complexity index is 726. The Morgan fingerprint density at radius 3 is 2.83 bits per heavy atom. The number of aryl methyl sites for hydroxylation is 1. The Kier molecular flexibility index (Phi) is 4.46. The van der Waals surface area contributed by atoms with Gasteiger partial charge < -0.3 is 9.80 Å². The zero-order chi connectivity index (χ0) is 17.3. The first-order valence-electron chi connectivity index (χ1n) is 8.10. The van der Waals surface area contributed by atoms with Crippen molar-refractivity contribution in [3.63, 3.8) is 0 Å². The van der Waals surface area contributed by atoms with Crippen LogP contribution >= 0.6 is 0 Å². The number of nitrogens with zero attached hydrogens (tertiary/aromatic N) is 7. The number of anilines is 1. The van der Waals surface area contributed by atoms with E-state index in [1.807, 2.05) is 37.7 Å². The van der Waals surface area contributed by atoms with E-state index in [2.05, 4.69) is 20.1 Å². The number of fused-ring (bicyclic) bond motifs is 1. The highest BCUT2D eigenvalue weighted by atomic mass is 16.2. The van der Waals surface area contributed by atoms with Crippen molar-refractivity contribution in [2.24, 2.45) is 5.92 Å². The SMILES string of the molecule is Cc1nc2c(c(N(C)C)n1)CCN(C(=O)[C@H](C)Cn1cncn1)C2. The number of hydrogen-bond acceptors (Lipinski definition) is 6. The van der Waals surface area contributed by atoms with E-state index >= 15 is 0 Å². The molecule has 0 radical (unpaired) electrons. The van der Waals surface area contributed by atoms with Crippen LogP contribution < -0.4 is 4.90 Å². The van der Waals surface area contributed by atoms with Crippen molar-refractivity contribution in [1.29, 1.82) is 0 Å². The molecule has 24 heavy (non-hydrogen) atoms. The molecule has 128 valence electrons. The lowest BCUT2D eigenvalue weighted by molar-refractivity contribution is -0.136. The molecule has 3 heterocycles. The molecule has 2 aromatic rings. The molecule has 2 aromatic heterocycles. The van der Waals surface area contributed by atoms with E-state index in [4.69, 9.17) is 0 Å². The van der Waals surface area contributed by atoms with Gasteiger partial charge in [-0.3, -0.25) is 9.48 Å². The summed E-state index contributed by atoms with van der Waals surface area (Å²) >= 11 is 0. The summed E-state index contributed by atoms with van der Waals surface area (Å²) in [6.07, 6.45) is 3.90. The van der Waals surface area contributed by atoms with E-state index in [-0.39, 0.29) is 11.8 Å². The zero-order valence-corrected chi connectivity index (χ0v) is 14.6. The molecule has 0 saturated carbocycles. The monoisotopic (exact) mass is 329 g/mol. The van der Waals surface area contributed by atoms with Gasteiger partial charge in [-0.1, -0.05) is 6.92 Å². The number of carbonyl (C=O) groups excluding carboxylic acids is 1. The number of amides is 1. The van der Waals surface area contributed by atoms with Gasteiger partial charge in [-0.05, 0) is 13.3 Å². The average molecular weight is 329 g/mol. The van der Waals surface area contributed by atoms with E-state index in [1.165, 1.54) is 6.33 Å². The number of aromatic nitrogens is 5. The third-order valence-electron chi connectivity index (χ3n) is 4.24. The summed E-state index contributed by atoms with van der Waals surface area (Å²) in [5.41, 5.74) is 2.11. The second-order valence-electron chi connectivity index (χ2n) is 6.44. The lowest BCUT2D eigenvalue weighted by Crippen LogP contribution is -2.41. The van der Waals surface area contributed by atoms with Gasteiger partial charge in [-0.2, -0.15) is 5.10 Å². The second kappa shape index (κ2) is 6.54. The van der Waals surface area contributed by atoms with Gasteiger partial charge >= 0.3 is 0 Å². The van der Waals surface area contributed by atoms with Crippen molar-refractivity contribution >= 4 is 11.7 Å². The first kappa shape index (κ1) is 16.4. The molecule has 8 nitrogen and oxygen atoms in total. The van der Waals surface area contributed by atoms with Gasteiger partial charge in [0.25, 0.3) is 0 Å². The Hall–Kier alpha value is -2.51. The molecular weight excluding hydrogens is 306 g/mol. The Labute approximate surface area is 141 Å². The molecule has 1 amide bonds. The Morgan fingerprint density at radius 2 is 2.17 bits per heavy atom. The van der Waals surface area contributed by atoms with Crippen molar-refractivity contribution in [3.8, 4) is 0 Å². The van der Waals surface area contributed by atoms with Crippen molar-refractivity contribution in [2.45, 2.75) is 33.4 Å². The van der Waals surface area contributed by atoms with E-state index in [0.717, 1.165) is 29.3 Å². The van der Waals surface area contributed by atoms with Crippen LogP contribution in [0.15, 0.2) is 12.7 Å². The van der Waals surface area contributed by atoms with E-state index in [1.54, 1.807) is 11.0 Å². The van der Waals surface area contributed by atoms with E-state index in [0.29, 0.717) is 19.6 Å². The lowest BCUT2D eigenvalue weighted by atomic mass is 10.0. The largest absolute Gasteiger partial charge is 0.362 e. The van der Waals surface area contributed by atoms with Crippen LogP contribution in [0.1, 0.15) is 24.0 Å². The normalized spacial score (nSPS) is 15.1. The van der Waals surface area contributed by atoms with Gasteiger partial charge in [0.05, 0.1) is 24.7 Å². The molecule has 0 unspecified atom stereocenters. The fourth-order valence-corrected chi connectivity index (χ4v) is 3.09. The number of carbonyl (C=O) groups is 1. The maximum Gasteiger partial charge on any atom is 0.227 e. The van der Waals surface area contributed by atoms with Crippen molar-refractivity contribution < 1.29 is 4.79 Å². The zero-order valence-electron chi connectivity index (χ0n) is 14.6. The van der Waals surface area contributed by atoms with Crippen LogP contribution in [0.25, 0.3) is 0 Å². The third-order valence-corrected chi connectivity index (χ3v) is 4.24. The molecule has 0 aromatic carbocycles. The van der Waals surface area contributed by atoms with Gasteiger partial charge in [0.1, 0.15) is 24.3 Å². The van der Waals surface area contributed by atoms with Crippen LogP contribution in [0.4, 0.5) is 5.82 Å². The van der Waals surface area contributed by atoms with Crippen LogP contribution in [0, 0.1) is 12.8 Å². The predicted octanol–water partition coefficient (Wildman–Crippen LogP) is 0.664. The molecule has 0 aliphatic carbocycles. The fourth-order valence-electron chi connectivity index (χ4n) is 3.09. The molecule has 0 fully saturated rings. The minimum absolute atomic E-state index is 0.124. The van der Waals surface area contributed by atoms with Crippen LogP contribution in [0.2, 0.25) is 0 Å². The first-order valence-corrected chi connectivity index (χ1v) is 8.10. The molecule has 0 N–H and O–H groups in total. The molecule has 0 saturated heterocycles.